The fourth-order valence-corrected chi connectivity index (χ4v) is 2.05. The highest BCUT2D eigenvalue weighted by Crippen LogP contribution is 2.28. The van der Waals surface area contributed by atoms with Crippen LogP contribution < -0.4 is 10.1 Å². The number of hydrogen-bond donors (Lipinski definition) is 1. The summed E-state index contributed by atoms with van der Waals surface area (Å²) < 4.78 is 5.85. The molecule has 19 heavy (non-hydrogen) atoms. The molecule has 106 valence electrons. The van der Waals surface area contributed by atoms with Crippen LogP contribution in [0, 0.1) is 0 Å². The first kappa shape index (κ1) is 16.1. The van der Waals surface area contributed by atoms with E-state index in [9.17, 15) is 0 Å². The van der Waals surface area contributed by atoms with Crippen molar-refractivity contribution in [2.45, 2.75) is 39.2 Å². The SMILES string of the molecule is C=CCCCOc1ccc(Cl)cc1C(C)NCCC. The Bertz CT molecular complexity index is 392. The van der Waals surface area contributed by atoms with Gasteiger partial charge in [-0.05, 0) is 50.9 Å². The number of unbranched alkanes of at least 4 members (excludes halogenated alkanes) is 1. The molecule has 0 aromatic heterocycles. The summed E-state index contributed by atoms with van der Waals surface area (Å²) in [6, 6.07) is 6.06. The lowest BCUT2D eigenvalue weighted by Gasteiger charge is -2.18. The van der Waals surface area contributed by atoms with Crippen molar-refractivity contribution in [3.8, 4) is 5.75 Å². The van der Waals surface area contributed by atoms with E-state index in [4.69, 9.17) is 16.3 Å². The Hall–Kier alpha value is -0.990. The lowest BCUT2D eigenvalue weighted by atomic mass is 10.1. The highest BCUT2D eigenvalue weighted by molar-refractivity contribution is 6.30. The Morgan fingerprint density at radius 3 is 2.95 bits per heavy atom. The molecule has 0 spiro atoms. The van der Waals surface area contributed by atoms with Crippen LogP contribution in [0.3, 0.4) is 0 Å². The minimum Gasteiger partial charge on any atom is -0.493 e. The minimum absolute atomic E-state index is 0.244. The Balaban J connectivity index is 2.70. The van der Waals surface area contributed by atoms with E-state index in [0.717, 1.165) is 42.1 Å². The Kier molecular flexibility index (Phi) is 7.61. The summed E-state index contributed by atoms with van der Waals surface area (Å²) in [5.41, 5.74) is 1.12. The van der Waals surface area contributed by atoms with E-state index in [-0.39, 0.29) is 6.04 Å². The second-order valence-electron chi connectivity index (χ2n) is 4.64. The fraction of sp³-hybridized carbons (Fsp3) is 0.500. The second kappa shape index (κ2) is 9.00. The zero-order valence-corrected chi connectivity index (χ0v) is 12.7. The molecule has 0 heterocycles. The van der Waals surface area contributed by atoms with Gasteiger partial charge < -0.3 is 10.1 Å². The van der Waals surface area contributed by atoms with Gasteiger partial charge in [0.15, 0.2) is 0 Å². The number of nitrogens with one attached hydrogen (secondary N) is 1. The van der Waals surface area contributed by atoms with Gasteiger partial charge >= 0.3 is 0 Å². The smallest absolute Gasteiger partial charge is 0.124 e. The van der Waals surface area contributed by atoms with Gasteiger partial charge in [-0.25, -0.2) is 0 Å². The average molecular weight is 282 g/mol. The number of allylic oxidation sites excluding steroid dienone is 1. The van der Waals surface area contributed by atoms with E-state index in [1.165, 1.54) is 0 Å². The van der Waals surface area contributed by atoms with Crippen LogP contribution in [-0.4, -0.2) is 13.2 Å². The Labute approximate surface area is 121 Å². The third kappa shape index (κ3) is 5.66. The summed E-state index contributed by atoms with van der Waals surface area (Å²) in [5.74, 6) is 0.921. The normalized spacial score (nSPS) is 12.2. The number of halogens is 1. The van der Waals surface area contributed by atoms with Crippen molar-refractivity contribution in [3.05, 3.63) is 41.4 Å². The molecule has 0 saturated heterocycles. The van der Waals surface area contributed by atoms with Gasteiger partial charge in [0.25, 0.3) is 0 Å². The molecule has 1 aromatic carbocycles. The van der Waals surface area contributed by atoms with E-state index in [1.54, 1.807) is 0 Å². The largest absolute Gasteiger partial charge is 0.493 e. The molecule has 0 aliphatic heterocycles. The lowest BCUT2D eigenvalue weighted by Crippen LogP contribution is -2.20. The molecule has 0 aliphatic rings. The summed E-state index contributed by atoms with van der Waals surface area (Å²) in [6.07, 6.45) is 4.99. The van der Waals surface area contributed by atoms with Crippen molar-refractivity contribution in [2.75, 3.05) is 13.2 Å². The van der Waals surface area contributed by atoms with Gasteiger partial charge in [0.05, 0.1) is 6.61 Å². The molecule has 2 nitrogen and oxygen atoms in total. The second-order valence-corrected chi connectivity index (χ2v) is 5.07. The first-order valence-corrected chi connectivity index (χ1v) is 7.33. The van der Waals surface area contributed by atoms with Crippen LogP contribution in [0.25, 0.3) is 0 Å². The van der Waals surface area contributed by atoms with Crippen molar-refractivity contribution in [1.82, 2.24) is 5.32 Å². The maximum atomic E-state index is 6.08. The van der Waals surface area contributed by atoms with Crippen LogP contribution in [0.2, 0.25) is 5.02 Å². The highest BCUT2D eigenvalue weighted by atomic mass is 35.5. The van der Waals surface area contributed by atoms with E-state index in [0.29, 0.717) is 6.61 Å². The number of benzene rings is 1. The van der Waals surface area contributed by atoms with Crippen LogP contribution in [0.5, 0.6) is 5.75 Å². The molecule has 0 radical (unpaired) electrons. The number of hydrogen-bond acceptors (Lipinski definition) is 2. The van der Waals surface area contributed by atoms with E-state index < -0.39 is 0 Å². The molecule has 0 aliphatic carbocycles. The zero-order valence-electron chi connectivity index (χ0n) is 11.9. The molecule has 0 fully saturated rings. The minimum atomic E-state index is 0.244. The maximum Gasteiger partial charge on any atom is 0.124 e. The standard InChI is InChI=1S/C16H24ClNO/c1-4-6-7-11-19-16-9-8-14(17)12-15(16)13(3)18-10-5-2/h4,8-9,12-13,18H,1,5-7,10-11H2,2-3H3. The van der Waals surface area contributed by atoms with Crippen molar-refractivity contribution in [2.24, 2.45) is 0 Å². The monoisotopic (exact) mass is 281 g/mol. The maximum absolute atomic E-state index is 6.08. The van der Waals surface area contributed by atoms with Crippen molar-refractivity contribution >= 4 is 11.6 Å². The highest BCUT2D eigenvalue weighted by Gasteiger charge is 2.11. The number of ether oxygens (including phenoxy) is 1. The molecule has 1 N–H and O–H groups in total. The summed E-state index contributed by atoms with van der Waals surface area (Å²) in [6.45, 7) is 9.71. The summed E-state index contributed by atoms with van der Waals surface area (Å²) in [4.78, 5) is 0. The fourth-order valence-electron chi connectivity index (χ4n) is 1.87. The van der Waals surface area contributed by atoms with Gasteiger partial charge in [0, 0.05) is 16.6 Å². The zero-order chi connectivity index (χ0) is 14.1. The molecule has 1 aromatic rings. The molecule has 0 amide bonds. The molecule has 1 rings (SSSR count). The van der Waals surface area contributed by atoms with Gasteiger partial charge in [0.1, 0.15) is 5.75 Å². The molecular formula is C16H24ClNO. The van der Waals surface area contributed by atoms with Crippen LogP contribution in [0.4, 0.5) is 0 Å². The molecule has 1 unspecified atom stereocenters. The first-order chi connectivity index (χ1) is 9.19. The van der Waals surface area contributed by atoms with Gasteiger partial charge in [-0.1, -0.05) is 24.6 Å². The summed E-state index contributed by atoms with van der Waals surface area (Å²) in [5, 5.41) is 4.21. The van der Waals surface area contributed by atoms with Crippen LogP contribution >= 0.6 is 11.6 Å². The van der Waals surface area contributed by atoms with E-state index >= 15 is 0 Å². The van der Waals surface area contributed by atoms with Gasteiger partial charge in [-0.15, -0.1) is 6.58 Å². The predicted molar refractivity (Wildman–Crippen MR) is 83.1 cm³/mol. The van der Waals surface area contributed by atoms with Crippen molar-refractivity contribution in [1.29, 1.82) is 0 Å². The van der Waals surface area contributed by atoms with Crippen LogP contribution in [0.1, 0.15) is 44.7 Å². The lowest BCUT2D eigenvalue weighted by molar-refractivity contribution is 0.306. The predicted octanol–water partition coefficient (Wildman–Crippen LogP) is 4.75. The van der Waals surface area contributed by atoms with Gasteiger partial charge in [-0.3, -0.25) is 0 Å². The third-order valence-corrected chi connectivity index (χ3v) is 3.18. The van der Waals surface area contributed by atoms with Gasteiger partial charge in [-0.2, -0.15) is 0 Å². The Morgan fingerprint density at radius 2 is 2.26 bits per heavy atom. The van der Waals surface area contributed by atoms with Crippen LogP contribution in [0.15, 0.2) is 30.9 Å². The van der Waals surface area contributed by atoms with E-state index in [2.05, 4.69) is 25.7 Å². The summed E-state index contributed by atoms with van der Waals surface area (Å²) >= 11 is 6.08. The van der Waals surface area contributed by atoms with Crippen molar-refractivity contribution in [3.63, 3.8) is 0 Å². The third-order valence-electron chi connectivity index (χ3n) is 2.95. The number of rotatable bonds is 9. The van der Waals surface area contributed by atoms with Gasteiger partial charge in [0.2, 0.25) is 0 Å². The average Bonchev–Trinajstić information content (AvgIpc) is 2.42. The van der Waals surface area contributed by atoms with E-state index in [1.807, 2.05) is 24.3 Å². The topological polar surface area (TPSA) is 21.3 Å². The quantitative estimate of drug-likeness (QED) is 0.521. The summed E-state index contributed by atoms with van der Waals surface area (Å²) in [7, 11) is 0. The molecular weight excluding hydrogens is 258 g/mol. The molecule has 3 heteroatoms. The van der Waals surface area contributed by atoms with Crippen LogP contribution in [-0.2, 0) is 0 Å². The molecule has 1 atom stereocenters. The first-order valence-electron chi connectivity index (χ1n) is 6.95. The molecule has 0 saturated carbocycles. The molecule has 0 bridgehead atoms. The Morgan fingerprint density at radius 1 is 1.47 bits per heavy atom. The van der Waals surface area contributed by atoms with Crippen molar-refractivity contribution < 1.29 is 4.74 Å².